The predicted octanol–water partition coefficient (Wildman–Crippen LogP) is 3.27. The summed E-state index contributed by atoms with van der Waals surface area (Å²) in [7, 11) is 0. The number of aliphatic carboxylic acids is 1. The molecule has 4 nitrogen and oxygen atoms in total. The van der Waals surface area contributed by atoms with Gasteiger partial charge >= 0.3 is 12.1 Å². The van der Waals surface area contributed by atoms with Crippen LogP contribution < -0.4 is 5.32 Å². The quantitative estimate of drug-likeness (QED) is 0.809. The van der Waals surface area contributed by atoms with E-state index in [-0.39, 0.29) is 12.0 Å². The highest BCUT2D eigenvalue weighted by molar-refractivity contribution is 5.96. The molecule has 132 valence electrons. The van der Waals surface area contributed by atoms with E-state index in [2.05, 4.69) is 5.32 Å². The zero-order valence-electron chi connectivity index (χ0n) is 12.7. The molecule has 0 radical (unpaired) electrons. The summed E-state index contributed by atoms with van der Waals surface area (Å²) in [6.07, 6.45) is -4.83. The smallest absolute Gasteiger partial charge is 0.416 e. The van der Waals surface area contributed by atoms with Gasteiger partial charge in [-0.15, -0.1) is 0 Å². The molecule has 0 unspecified atom stereocenters. The number of benzene rings is 2. The van der Waals surface area contributed by atoms with Crippen LogP contribution in [0.15, 0.2) is 48.5 Å². The number of rotatable bonds is 5. The van der Waals surface area contributed by atoms with Crippen molar-refractivity contribution in [1.29, 1.82) is 0 Å². The number of alkyl halides is 3. The van der Waals surface area contributed by atoms with Crippen molar-refractivity contribution in [2.45, 2.75) is 18.6 Å². The summed E-state index contributed by atoms with van der Waals surface area (Å²) in [5.41, 5.74) is -1.01. The minimum absolute atomic E-state index is 0.211. The largest absolute Gasteiger partial charge is 0.480 e. The van der Waals surface area contributed by atoms with Gasteiger partial charge in [-0.1, -0.05) is 18.2 Å². The summed E-state index contributed by atoms with van der Waals surface area (Å²) in [6.45, 7) is 0. The summed E-state index contributed by atoms with van der Waals surface area (Å²) in [5.74, 6) is -2.91. The summed E-state index contributed by atoms with van der Waals surface area (Å²) >= 11 is 0. The highest BCUT2D eigenvalue weighted by Gasteiger charge is 2.31. The molecule has 0 fully saturated rings. The number of carboxylic acids is 1. The number of carbonyl (C=O) groups is 2. The van der Waals surface area contributed by atoms with Gasteiger partial charge in [0.2, 0.25) is 0 Å². The van der Waals surface area contributed by atoms with Crippen molar-refractivity contribution < 1.29 is 32.3 Å². The van der Waals surface area contributed by atoms with E-state index >= 15 is 0 Å². The molecule has 0 aliphatic heterocycles. The first-order valence-corrected chi connectivity index (χ1v) is 7.12. The molecule has 0 bridgehead atoms. The van der Waals surface area contributed by atoms with Gasteiger partial charge in [0.05, 0.1) is 5.56 Å². The van der Waals surface area contributed by atoms with Gasteiger partial charge in [0.15, 0.2) is 0 Å². The Morgan fingerprint density at radius 1 is 1.08 bits per heavy atom. The molecule has 0 aliphatic carbocycles. The standard InChI is InChI=1S/C17H13F4NO3/c18-13-6-1-3-10(7-13)8-14(16(24)25)22-15(23)11-4-2-5-12(9-11)17(19,20)21/h1-7,9,14H,8H2,(H,22,23)(H,24,25)/t14-/m1/s1. The third kappa shape index (κ3) is 5.03. The van der Waals surface area contributed by atoms with Gasteiger partial charge < -0.3 is 10.4 Å². The monoisotopic (exact) mass is 355 g/mol. The normalized spacial score (nSPS) is 12.5. The van der Waals surface area contributed by atoms with E-state index < -0.39 is 35.5 Å². The zero-order valence-corrected chi connectivity index (χ0v) is 12.7. The molecule has 1 amide bonds. The van der Waals surface area contributed by atoms with Crippen LogP contribution in [0, 0.1) is 5.82 Å². The maximum Gasteiger partial charge on any atom is 0.416 e. The second-order valence-corrected chi connectivity index (χ2v) is 5.28. The van der Waals surface area contributed by atoms with E-state index in [1.807, 2.05) is 0 Å². The van der Waals surface area contributed by atoms with Crippen molar-refractivity contribution in [3.8, 4) is 0 Å². The van der Waals surface area contributed by atoms with Gasteiger partial charge in [0.25, 0.3) is 5.91 Å². The fraction of sp³-hybridized carbons (Fsp3) is 0.176. The van der Waals surface area contributed by atoms with E-state index in [1.54, 1.807) is 0 Å². The highest BCUT2D eigenvalue weighted by Crippen LogP contribution is 2.29. The van der Waals surface area contributed by atoms with Gasteiger partial charge in [0.1, 0.15) is 11.9 Å². The highest BCUT2D eigenvalue weighted by atomic mass is 19.4. The van der Waals surface area contributed by atoms with Crippen LogP contribution in [0.5, 0.6) is 0 Å². The lowest BCUT2D eigenvalue weighted by molar-refractivity contribution is -0.139. The Bertz CT molecular complexity index is 789. The topological polar surface area (TPSA) is 66.4 Å². The van der Waals surface area contributed by atoms with Gasteiger partial charge in [-0.3, -0.25) is 4.79 Å². The lowest BCUT2D eigenvalue weighted by Gasteiger charge is -2.15. The molecule has 25 heavy (non-hydrogen) atoms. The molecule has 2 aromatic rings. The van der Waals surface area contributed by atoms with Crippen LogP contribution in [0.25, 0.3) is 0 Å². The third-order valence-corrected chi connectivity index (χ3v) is 3.38. The summed E-state index contributed by atoms with van der Waals surface area (Å²) < 4.78 is 51.2. The second kappa shape index (κ2) is 7.33. The van der Waals surface area contributed by atoms with Gasteiger partial charge in [-0.25, -0.2) is 9.18 Å². The molecule has 2 rings (SSSR count). The fourth-order valence-corrected chi connectivity index (χ4v) is 2.18. The molecule has 2 N–H and O–H groups in total. The molecule has 0 aliphatic rings. The fourth-order valence-electron chi connectivity index (χ4n) is 2.18. The van der Waals surface area contributed by atoms with Gasteiger partial charge in [-0.2, -0.15) is 13.2 Å². The summed E-state index contributed by atoms with van der Waals surface area (Å²) in [6, 6.07) is 7.39. The van der Waals surface area contributed by atoms with Crippen LogP contribution in [-0.2, 0) is 17.4 Å². The van der Waals surface area contributed by atoms with E-state index in [9.17, 15) is 32.3 Å². The SMILES string of the molecule is O=C(N[C@H](Cc1cccc(F)c1)C(=O)O)c1cccc(C(F)(F)F)c1. The first kappa shape index (κ1) is 18.4. The molecular weight excluding hydrogens is 342 g/mol. The predicted molar refractivity (Wildman–Crippen MR) is 80.4 cm³/mol. The van der Waals surface area contributed by atoms with Crippen molar-refractivity contribution in [2.75, 3.05) is 0 Å². The molecule has 8 heteroatoms. The third-order valence-electron chi connectivity index (χ3n) is 3.38. The molecular formula is C17H13F4NO3. The van der Waals surface area contributed by atoms with Crippen molar-refractivity contribution >= 4 is 11.9 Å². The zero-order chi connectivity index (χ0) is 18.6. The average Bonchev–Trinajstić information content (AvgIpc) is 2.53. The molecule has 0 spiro atoms. The number of hydrogen-bond acceptors (Lipinski definition) is 2. The number of hydrogen-bond donors (Lipinski definition) is 2. The number of halogens is 4. The minimum atomic E-state index is -4.62. The Hall–Kier alpha value is -2.90. The van der Waals surface area contributed by atoms with Crippen molar-refractivity contribution in [1.82, 2.24) is 5.32 Å². The van der Waals surface area contributed by atoms with Crippen LogP contribution in [0.3, 0.4) is 0 Å². The molecule has 0 heterocycles. The molecule has 0 saturated heterocycles. The Kier molecular flexibility index (Phi) is 5.41. The average molecular weight is 355 g/mol. The summed E-state index contributed by atoms with van der Waals surface area (Å²) in [5, 5.41) is 11.3. The Labute approximate surface area is 140 Å². The number of carbonyl (C=O) groups excluding carboxylic acids is 1. The Morgan fingerprint density at radius 2 is 1.76 bits per heavy atom. The van der Waals surface area contributed by atoms with Gasteiger partial charge in [0, 0.05) is 12.0 Å². The summed E-state index contributed by atoms with van der Waals surface area (Å²) in [4.78, 5) is 23.4. The van der Waals surface area contributed by atoms with Gasteiger partial charge in [-0.05, 0) is 35.9 Å². The first-order chi connectivity index (χ1) is 11.7. The van der Waals surface area contributed by atoms with E-state index in [0.717, 1.165) is 24.3 Å². The van der Waals surface area contributed by atoms with Crippen LogP contribution in [0.2, 0.25) is 0 Å². The van der Waals surface area contributed by atoms with E-state index in [4.69, 9.17) is 0 Å². The first-order valence-electron chi connectivity index (χ1n) is 7.12. The molecule has 0 saturated carbocycles. The maximum absolute atomic E-state index is 13.2. The van der Waals surface area contributed by atoms with Crippen LogP contribution in [-0.4, -0.2) is 23.0 Å². The van der Waals surface area contributed by atoms with E-state index in [1.165, 1.54) is 18.2 Å². The molecule has 1 atom stereocenters. The Balaban J connectivity index is 2.17. The molecule has 2 aromatic carbocycles. The number of carboxylic acid groups (broad SMARTS) is 1. The lowest BCUT2D eigenvalue weighted by Crippen LogP contribution is -2.42. The number of amides is 1. The molecule has 0 aromatic heterocycles. The lowest BCUT2D eigenvalue weighted by atomic mass is 10.0. The van der Waals surface area contributed by atoms with E-state index in [0.29, 0.717) is 11.6 Å². The number of nitrogens with one attached hydrogen (secondary N) is 1. The maximum atomic E-state index is 13.2. The van der Waals surface area contributed by atoms with Crippen LogP contribution in [0.1, 0.15) is 21.5 Å². The van der Waals surface area contributed by atoms with Crippen LogP contribution >= 0.6 is 0 Å². The Morgan fingerprint density at radius 3 is 2.36 bits per heavy atom. The second-order valence-electron chi connectivity index (χ2n) is 5.28. The van der Waals surface area contributed by atoms with Crippen molar-refractivity contribution in [2.24, 2.45) is 0 Å². The van der Waals surface area contributed by atoms with Crippen LogP contribution in [0.4, 0.5) is 17.6 Å². The van der Waals surface area contributed by atoms with Crippen molar-refractivity contribution in [3.05, 3.63) is 71.0 Å². The minimum Gasteiger partial charge on any atom is -0.480 e. The van der Waals surface area contributed by atoms with Crippen molar-refractivity contribution in [3.63, 3.8) is 0 Å².